The minimum atomic E-state index is -2.21. The Kier molecular flexibility index (Phi) is 8.37. The van der Waals surface area contributed by atoms with Crippen molar-refractivity contribution >= 4 is 17.9 Å². The molecule has 12 heteroatoms. The van der Waals surface area contributed by atoms with E-state index >= 15 is 0 Å². The Labute approximate surface area is 250 Å². The van der Waals surface area contributed by atoms with Gasteiger partial charge in [-0.05, 0) is 81.1 Å². The number of esters is 1. The van der Waals surface area contributed by atoms with E-state index < -0.39 is 96.0 Å². The molecule has 1 heterocycles. The Hall–Kier alpha value is -2.35. The molecule has 6 N–H and O–H groups in total. The van der Waals surface area contributed by atoms with E-state index in [1.807, 2.05) is 6.92 Å². The Morgan fingerprint density at radius 1 is 1.02 bits per heavy atom. The highest BCUT2D eigenvalue weighted by Gasteiger charge is 2.72. The third-order valence-electron chi connectivity index (χ3n) is 11.8. The van der Waals surface area contributed by atoms with Crippen LogP contribution in [0.15, 0.2) is 23.8 Å². The molecule has 0 aromatic heterocycles. The number of aliphatic carboxylic acids is 2. The summed E-state index contributed by atoms with van der Waals surface area (Å²) in [5.74, 6) is -4.55. The van der Waals surface area contributed by atoms with Crippen LogP contribution < -0.4 is 0 Å². The number of ether oxygens (including phenoxy) is 3. The van der Waals surface area contributed by atoms with Gasteiger partial charge in [-0.25, -0.2) is 4.79 Å². The van der Waals surface area contributed by atoms with Crippen LogP contribution in [0.2, 0.25) is 0 Å². The minimum absolute atomic E-state index is 0.167. The van der Waals surface area contributed by atoms with Gasteiger partial charge in [0.2, 0.25) is 0 Å². The molecule has 1 spiro atoms. The standard InChI is InChI=1S/C31H44O12/c1-5-14(2)25(36)43-23-22(34)21(33)18(13-32)42-26(23)41-17-11-29(4)19-7-6-16-10-30(19,24(35)15(16)3)9-8-20(29)31(12-17,27(37)38)28(39)40/h5,16-24,26,32-35H,3,6-13H2,1-2,4H3,(H,37,38)(H,39,40)/b14-5+/t16-,17+,18-,19+,20+,21-,22+,23-,24+,26-,29+,30-/m1/s1. The molecule has 0 unspecified atom stereocenters. The van der Waals surface area contributed by atoms with E-state index in [4.69, 9.17) is 14.2 Å². The van der Waals surface area contributed by atoms with Gasteiger partial charge in [-0.1, -0.05) is 19.6 Å². The van der Waals surface area contributed by atoms with E-state index in [0.717, 1.165) is 18.4 Å². The highest BCUT2D eigenvalue weighted by molar-refractivity contribution is 5.99. The molecule has 0 aromatic carbocycles. The summed E-state index contributed by atoms with van der Waals surface area (Å²) in [7, 11) is 0. The van der Waals surface area contributed by atoms with Crippen molar-refractivity contribution in [2.75, 3.05) is 6.61 Å². The lowest BCUT2D eigenvalue weighted by Gasteiger charge is -2.64. The Bertz CT molecular complexity index is 1180. The lowest BCUT2D eigenvalue weighted by atomic mass is 9.40. The van der Waals surface area contributed by atoms with Gasteiger partial charge >= 0.3 is 17.9 Å². The molecule has 0 radical (unpaired) electrons. The third-order valence-corrected chi connectivity index (χ3v) is 11.8. The summed E-state index contributed by atoms with van der Waals surface area (Å²) in [4.78, 5) is 38.6. The highest BCUT2D eigenvalue weighted by atomic mass is 16.7. The molecule has 0 aromatic rings. The maximum Gasteiger partial charge on any atom is 0.333 e. The molecule has 43 heavy (non-hydrogen) atoms. The first kappa shape index (κ1) is 32.1. The van der Waals surface area contributed by atoms with E-state index in [1.54, 1.807) is 6.92 Å². The van der Waals surface area contributed by atoms with Crippen molar-refractivity contribution in [3.05, 3.63) is 23.8 Å². The summed E-state index contributed by atoms with van der Waals surface area (Å²) in [6.45, 7) is 8.48. The van der Waals surface area contributed by atoms with Crippen molar-refractivity contribution in [2.24, 2.45) is 34.0 Å². The average molecular weight is 609 g/mol. The van der Waals surface area contributed by atoms with Gasteiger partial charge in [0.25, 0.3) is 0 Å². The fraction of sp³-hybridized carbons (Fsp3) is 0.774. The van der Waals surface area contributed by atoms with Crippen molar-refractivity contribution in [1.82, 2.24) is 0 Å². The summed E-state index contributed by atoms with van der Waals surface area (Å²) in [5, 5.41) is 63.7. The van der Waals surface area contributed by atoms with Crippen molar-refractivity contribution in [3.8, 4) is 0 Å². The van der Waals surface area contributed by atoms with Crippen LogP contribution in [0.5, 0.6) is 0 Å². The van der Waals surface area contributed by atoms with Crippen LogP contribution in [-0.2, 0) is 28.6 Å². The molecule has 5 aliphatic rings. The van der Waals surface area contributed by atoms with Crippen LogP contribution in [0.4, 0.5) is 0 Å². The Morgan fingerprint density at radius 2 is 1.70 bits per heavy atom. The first-order valence-electron chi connectivity index (χ1n) is 15.1. The van der Waals surface area contributed by atoms with E-state index in [0.29, 0.717) is 19.3 Å². The molecule has 5 rings (SSSR count). The molecular formula is C31H44O12. The predicted octanol–water partition coefficient (Wildman–Crippen LogP) is 1.39. The Morgan fingerprint density at radius 3 is 2.30 bits per heavy atom. The molecule has 240 valence electrons. The van der Waals surface area contributed by atoms with Gasteiger partial charge in [-0.3, -0.25) is 9.59 Å². The van der Waals surface area contributed by atoms with E-state index in [1.165, 1.54) is 13.0 Å². The number of carbonyl (C=O) groups excluding carboxylic acids is 1. The molecule has 5 fully saturated rings. The molecule has 2 bridgehead atoms. The van der Waals surface area contributed by atoms with E-state index in [-0.39, 0.29) is 23.8 Å². The number of carboxylic acids is 2. The first-order valence-corrected chi connectivity index (χ1v) is 15.1. The lowest BCUT2D eigenvalue weighted by Crippen LogP contribution is -2.66. The van der Waals surface area contributed by atoms with Gasteiger partial charge in [-0.15, -0.1) is 0 Å². The van der Waals surface area contributed by atoms with Crippen LogP contribution in [-0.4, -0.2) is 98.1 Å². The van der Waals surface area contributed by atoms with Crippen LogP contribution in [0, 0.1) is 34.0 Å². The molecule has 4 aliphatic carbocycles. The fourth-order valence-corrected chi connectivity index (χ4v) is 9.59. The SMILES string of the molecule is C=C1[C@@H]2CC[C@H]3[C@]4(C)C[C@H](O[C@@H]5O[C@H](CO)[C@@H](O)[C@H](O)[C@H]5OC(=O)/C(C)=C/C)CC(C(=O)O)(C(=O)O)[C@H]4CC[C@]3(C2)[C@H]1O. The maximum atomic E-state index is 13.0. The molecule has 12 atom stereocenters. The van der Waals surface area contributed by atoms with E-state index in [2.05, 4.69) is 6.58 Å². The summed E-state index contributed by atoms with van der Waals surface area (Å²) in [5.41, 5.74) is -2.64. The van der Waals surface area contributed by atoms with Gasteiger partial charge in [0.05, 0.1) is 18.8 Å². The number of aliphatic hydroxyl groups excluding tert-OH is 4. The zero-order chi connectivity index (χ0) is 31.6. The molecule has 1 saturated heterocycles. The monoisotopic (exact) mass is 608 g/mol. The number of hydrogen-bond donors (Lipinski definition) is 6. The zero-order valence-electron chi connectivity index (χ0n) is 24.8. The van der Waals surface area contributed by atoms with Gasteiger partial charge in [0.1, 0.15) is 18.3 Å². The predicted molar refractivity (Wildman–Crippen MR) is 148 cm³/mol. The number of allylic oxidation sites excluding steroid dienone is 1. The summed E-state index contributed by atoms with van der Waals surface area (Å²) < 4.78 is 17.5. The smallest absolute Gasteiger partial charge is 0.333 e. The van der Waals surface area contributed by atoms with Gasteiger partial charge in [-0.2, -0.15) is 0 Å². The van der Waals surface area contributed by atoms with Crippen LogP contribution >= 0.6 is 0 Å². The zero-order valence-corrected chi connectivity index (χ0v) is 24.8. The Balaban J connectivity index is 1.53. The number of aliphatic hydroxyl groups is 4. The first-order chi connectivity index (χ1) is 20.2. The number of hydrogen-bond acceptors (Lipinski definition) is 10. The molecule has 12 nitrogen and oxygen atoms in total. The third kappa shape index (κ3) is 4.67. The quantitative estimate of drug-likeness (QED) is 0.0799. The second-order valence-corrected chi connectivity index (χ2v) is 13.6. The topological polar surface area (TPSA) is 200 Å². The van der Waals surface area contributed by atoms with Gasteiger partial charge < -0.3 is 44.8 Å². The van der Waals surface area contributed by atoms with Crippen LogP contribution in [0.3, 0.4) is 0 Å². The van der Waals surface area contributed by atoms with Gasteiger partial charge in [0.15, 0.2) is 17.8 Å². The van der Waals surface area contributed by atoms with Crippen LogP contribution in [0.25, 0.3) is 0 Å². The summed E-state index contributed by atoms with van der Waals surface area (Å²) >= 11 is 0. The maximum absolute atomic E-state index is 13.0. The molecular weight excluding hydrogens is 564 g/mol. The normalized spacial score (nSPS) is 45.6. The fourth-order valence-electron chi connectivity index (χ4n) is 9.59. The summed E-state index contributed by atoms with van der Waals surface area (Å²) in [6.07, 6.45) is -5.27. The second kappa shape index (κ2) is 11.2. The van der Waals surface area contributed by atoms with Crippen molar-refractivity contribution in [2.45, 2.75) is 109 Å². The number of rotatable bonds is 7. The van der Waals surface area contributed by atoms with Crippen molar-refractivity contribution < 1.29 is 59.2 Å². The van der Waals surface area contributed by atoms with Crippen molar-refractivity contribution in [3.63, 3.8) is 0 Å². The highest BCUT2D eigenvalue weighted by Crippen LogP contribution is 2.72. The second-order valence-electron chi connectivity index (χ2n) is 13.6. The van der Waals surface area contributed by atoms with Gasteiger partial charge in [0, 0.05) is 17.4 Å². The largest absolute Gasteiger partial charge is 0.480 e. The lowest BCUT2D eigenvalue weighted by molar-refractivity contribution is -0.323. The molecule has 0 amide bonds. The number of fused-ring (bicyclic) bond motifs is 3. The average Bonchev–Trinajstić information content (AvgIpc) is 3.14. The number of carboxylic acid groups (broad SMARTS) is 2. The minimum Gasteiger partial charge on any atom is -0.480 e. The number of carbonyl (C=O) groups is 3. The van der Waals surface area contributed by atoms with Crippen molar-refractivity contribution in [1.29, 1.82) is 0 Å². The van der Waals surface area contributed by atoms with Crippen LogP contribution in [0.1, 0.15) is 65.7 Å². The molecule has 4 saturated carbocycles. The van der Waals surface area contributed by atoms with E-state index in [9.17, 15) is 45.0 Å². The summed E-state index contributed by atoms with van der Waals surface area (Å²) in [6, 6.07) is 0. The molecule has 1 aliphatic heterocycles.